The second-order valence-corrected chi connectivity index (χ2v) is 13.0. The van der Waals surface area contributed by atoms with Crippen LogP contribution in [0.4, 0.5) is 11.4 Å². The zero-order valence-corrected chi connectivity index (χ0v) is 27.8. The lowest BCUT2D eigenvalue weighted by atomic mass is 10.1. The van der Waals surface area contributed by atoms with Gasteiger partial charge in [-0.3, -0.25) is 24.0 Å². The van der Waals surface area contributed by atoms with Crippen molar-refractivity contribution in [3.8, 4) is 5.75 Å². The van der Waals surface area contributed by atoms with Gasteiger partial charge in [0.05, 0.1) is 22.6 Å². The lowest BCUT2D eigenvalue weighted by Gasteiger charge is -2.34. The van der Waals surface area contributed by atoms with Gasteiger partial charge in [0.15, 0.2) is 0 Å². The van der Waals surface area contributed by atoms with Gasteiger partial charge < -0.3 is 15.0 Å². The second-order valence-electron chi connectivity index (χ2n) is 10.7. The molecular formula is C32H39ClN4O7S. The molecule has 2 amide bonds. The number of methoxy groups -OCH3 is 1. The Balaban J connectivity index is 2.20. The van der Waals surface area contributed by atoms with Crippen molar-refractivity contribution in [2.45, 2.75) is 71.0 Å². The van der Waals surface area contributed by atoms with Gasteiger partial charge in [-0.05, 0) is 69.0 Å². The molecule has 11 nitrogen and oxygen atoms in total. The number of nitro groups is 1. The highest BCUT2D eigenvalue weighted by atomic mass is 35.5. The Kier molecular flexibility index (Phi) is 11.9. The summed E-state index contributed by atoms with van der Waals surface area (Å²) >= 11 is 6.29. The highest BCUT2D eigenvalue weighted by molar-refractivity contribution is 7.92. The van der Waals surface area contributed by atoms with Crippen molar-refractivity contribution >= 4 is 44.8 Å². The third-order valence-electron chi connectivity index (χ3n) is 7.64. The van der Waals surface area contributed by atoms with E-state index >= 15 is 0 Å². The van der Waals surface area contributed by atoms with E-state index in [1.54, 1.807) is 6.92 Å². The molecule has 3 aromatic rings. The zero-order chi connectivity index (χ0) is 33.5. The summed E-state index contributed by atoms with van der Waals surface area (Å²) in [5.74, 6) is -0.932. The number of hydrogen-bond acceptors (Lipinski definition) is 7. The van der Waals surface area contributed by atoms with E-state index in [0.717, 1.165) is 21.5 Å². The molecule has 0 spiro atoms. The number of benzene rings is 3. The van der Waals surface area contributed by atoms with E-state index in [0.29, 0.717) is 6.42 Å². The summed E-state index contributed by atoms with van der Waals surface area (Å²) in [5, 5.41) is 14.8. The summed E-state index contributed by atoms with van der Waals surface area (Å²) in [5.41, 5.74) is 1.50. The van der Waals surface area contributed by atoms with Crippen molar-refractivity contribution in [1.82, 2.24) is 10.2 Å². The molecule has 2 atom stereocenters. The maximum Gasteiger partial charge on any atom is 0.273 e. The topological polar surface area (TPSA) is 139 Å². The van der Waals surface area contributed by atoms with E-state index in [-0.39, 0.29) is 46.9 Å². The predicted molar refractivity (Wildman–Crippen MR) is 174 cm³/mol. The number of carbonyl (C=O) groups is 2. The molecule has 0 fully saturated rings. The SMILES string of the molecule is CC[C@H](C(=O)N[C@@H](C)CC)N(Cc1ccccc1C)C(=O)CN(c1cc(Cl)ccc1OC)S(=O)(=O)c1ccc(C)c([N+](=O)[O-])c1. The van der Waals surface area contributed by atoms with Crippen molar-refractivity contribution in [2.75, 3.05) is 18.0 Å². The third-order valence-corrected chi connectivity index (χ3v) is 9.63. The van der Waals surface area contributed by atoms with Gasteiger partial charge in [-0.15, -0.1) is 0 Å². The Morgan fingerprint density at radius 3 is 2.31 bits per heavy atom. The number of carbonyl (C=O) groups excluding carboxylic acids is 2. The van der Waals surface area contributed by atoms with Crippen LogP contribution < -0.4 is 14.4 Å². The van der Waals surface area contributed by atoms with Crippen LogP contribution in [0.15, 0.2) is 65.6 Å². The normalized spacial score (nSPS) is 12.6. The number of hydrogen-bond donors (Lipinski definition) is 1. The Bertz CT molecular complexity index is 1660. The third kappa shape index (κ3) is 8.31. The van der Waals surface area contributed by atoms with Crippen molar-refractivity contribution < 1.29 is 27.7 Å². The summed E-state index contributed by atoms with van der Waals surface area (Å²) in [4.78, 5) is 39.8. The van der Waals surface area contributed by atoms with Gasteiger partial charge in [0.1, 0.15) is 18.3 Å². The van der Waals surface area contributed by atoms with Crippen LogP contribution >= 0.6 is 11.6 Å². The van der Waals surface area contributed by atoms with Crippen LogP contribution in [0.3, 0.4) is 0 Å². The van der Waals surface area contributed by atoms with Crippen LogP contribution in [0.5, 0.6) is 5.75 Å². The van der Waals surface area contributed by atoms with E-state index in [2.05, 4.69) is 5.32 Å². The number of rotatable bonds is 14. The van der Waals surface area contributed by atoms with E-state index in [1.807, 2.05) is 45.0 Å². The number of amides is 2. The highest BCUT2D eigenvalue weighted by Gasteiger charge is 2.36. The number of aryl methyl sites for hydroxylation is 2. The Labute approximate surface area is 269 Å². The highest BCUT2D eigenvalue weighted by Crippen LogP contribution is 2.36. The van der Waals surface area contributed by atoms with Gasteiger partial charge in [0, 0.05) is 29.2 Å². The van der Waals surface area contributed by atoms with Gasteiger partial charge in [-0.1, -0.05) is 55.8 Å². The maximum absolute atomic E-state index is 14.4. The molecule has 13 heteroatoms. The average Bonchev–Trinajstić information content (AvgIpc) is 3.00. The molecule has 45 heavy (non-hydrogen) atoms. The summed E-state index contributed by atoms with van der Waals surface area (Å²) < 4.78 is 34.8. The van der Waals surface area contributed by atoms with E-state index in [4.69, 9.17) is 16.3 Å². The monoisotopic (exact) mass is 658 g/mol. The molecule has 0 aliphatic rings. The molecule has 0 unspecified atom stereocenters. The van der Waals surface area contributed by atoms with Crippen LogP contribution in [-0.2, 0) is 26.2 Å². The number of sulfonamides is 1. The molecule has 0 saturated heterocycles. The minimum Gasteiger partial charge on any atom is -0.495 e. The summed E-state index contributed by atoms with van der Waals surface area (Å²) in [6, 6.07) is 14.2. The summed E-state index contributed by atoms with van der Waals surface area (Å²) in [7, 11) is -3.28. The number of halogens is 1. The largest absolute Gasteiger partial charge is 0.495 e. The molecule has 1 N–H and O–H groups in total. The number of nitro benzene ring substituents is 1. The second kappa shape index (κ2) is 15.2. The maximum atomic E-state index is 14.4. The van der Waals surface area contributed by atoms with Crippen LogP contribution in [-0.4, -0.2) is 55.8 Å². The Morgan fingerprint density at radius 1 is 1.02 bits per heavy atom. The molecule has 0 heterocycles. The van der Waals surface area contributed by atoms with Gasteiger partial charge >= 0.3 is 0 Å². The molecule has 0 radical (unpaired) electrons. The van der Waals surface area contributed by atoms with Crippen molar-refractivity contribution in [1.29, 1.82) is 0 Å². The van der Waals surface area contributed by atoms with E-state index in [9.17, 15) is 28.1 Å². The molecular weight excluding hydrogens is 620 g/mol. The van der Waals surface area contributed by atoms with Crippen LogP contribution in [0.2, 0.25) is 5.02 Å². The molecule has 3 rings (SSSR count). The van der Waals surface area contributed by atoms with Crippen LogP contribution in [0, 0.1) is 24.0 Å². The summed E-state index contributed by atoms with van der Waals surface area (Å²) in [6.45, 7) is 8.23. The van der Waals surface area contributed by atoms with Crippen LogP contribution in [0.25, 0.3) is 0 Å². The van der Waals surface area contributed by atoms with Crippen molar-refractivity contribution in [2.24, 2.45) is 0 Å². The summed E-state index contributed by atoms with van der Waals surface area (Å²) in [6.07, 6.45) is 0.939. The Hall–Kier alpha value is -4.16. The fourth-order valence-electron chi connectivity index (χ4n) is 4.78. The van der Waals surface area contributed by atoms with E-state index < -0.39 is 44.0 Å². The molecule has 0 saturated carbocycles. The van der Waals surface area contributed by atoms with Gasteiger partial charge in [-0.25, -0.2) is 8.42 Å². The number of nitrogens with one attached hydrogen (secondary N) is 1. The first-order valence-corrected chi connectivity index (χ1v) is 16.3. The first-order chi connectivity index (χ1) is 21.2. The van der Waals surface area contributed by atoms with Gasteiger partial charge in [-0.2, -0.15) is 0 Å². The van der Waals surface area contributed by atoms with E-state index in [1.165, 1.54) is 49.3 Å². The lowest BCUT2D eigenvalue weighted by Crippen LogP contribution is -2.53. The first kappa shape index (κ1) is 35.3. The van der Waals surface area contributed by atoms with Gasteiger partial charge in [0.25, 0.3) is 15.7 Å². The van der Waals surface area contributed by atoms with Gasteiger partial charge in [0.2, 0.25) is 11.8 Å². The minimum atomic E-state index is -4.62. The van der Waals surface area contributed by atoms with Crippen molar-refractivity contribution in [3.05, 3.63) is 92.5 Å². The standard InChI is InChI=1S/C32H39ClN4O7S/c1-7-23(5)34-32(39)27(8-2)35(19-24-12-10-9-11-21(24)3)31(38)20-36(29-17-25(33)14-16-30(29)44-6)45(42,43)26-15-13-22(4)28(18-26)37(40)41/h9-18,23,27H,7-8,19-20H2,1-6H3,(H,34,39)/t23-,27+/m0/s1. The minimum absolute atomic E-state index is 0.0362. The number of ether oxygens (including phenoxy) is 1. The number of anilines is 1. The molecule has 0 aromatic heterocycles. The molecule has 0 aliphatic heterocycles. The molecule has 3 aromatic carbocycles. The molecule has 0 aliphatic carbocycles. The molecule has 242 valence electrons. The van der Waals surface area contributed by atoms with Crippen LogP contribution in [0.1, 0.15) is 50.3 Å². The van der Waals surface area contributed by atoms with Crippen molar-refractivity contribution in [3.63, 3.8) is 0 Å². The fraction of sp³-hybridized carbons (Fsp3) is 0.375. The molecule has 0 bridgehead atoms. The Morgan fingerprint density at radius 2 is 1.71 bits per heavy atom. The lowest BCUT2D eigenvalue weighted by molar-refractivity contribution is -0.385. The number of nitrogens with zero attached hydrogens (tertiary/aromatic N) is 3. The smallest absolute Gasteiger partial charge is 0.273 e. The predicted octanol–water partition coefficient (Wildman–Crippen LogP) is 5.79. The quantitative estimate of drug-likeness (QED) is 0.171. The zero-order valence-electron chi connectivity index (χ0n) is 26.2. The first-order valence-electron chi connectivity index (χ1n) is 14.5. The average molecular weight is 659 g/mol. The fourth-order valence-corrected chi connectivity index (χ4v) is 6.38.